The van der Waals surface area contributed by atoms with Crippen molar-refractivity contribution in [1.29, 1.82) is 0 Å². The Morgan fingerprint density at radius 1 is 0.974 bits per heavy atom. The van der Waals surface area contributed by atoms with E-state index in [2.05, 4.69) is 10.7 Å². The summed E-state index contributed by atoms with van der Waals surface area (Å²) in [5, 5.41) is 4.04. The van der Waals surface area contributed by atoms with Gasteiger partial charge in [0, 0.05) is 5.56 Å². The number of ether oxygens (including phenoxy) is 2. The van der Waals surface area contributed by atoms with Gasteiger partial charge in [0.1, 0.15) is 17.6 Å². The van der Waals surface area contributed by atoms with Gasteiger partial charge in [0.25, 0.3) is 11.8 Å². The molecule has 202 valence electrons. The molecule has 0 saturated carbocycles. The first-order chi connectivity index (χ1) is 18.8. The monoisotopic (exact) mass is 531 g/mol. The Morgan fingerprint density at radius 3 is 2.26 bits per heavy atom. The fraction of sp³-hybridized carbons (Fsp3) is 0.233. The van der Waals surface area contributed by atoms with Crippen LogP contribution in [-0.4, -0.2) is 42.6 Å². The summed E-state index contributed by atoms with van der Waals surface area (Å²) < 4.78 is 23.8. The Morgan fingerprint density at radius 2 is 1.64 bits per heavy atom. The summed E-state index contributed by atoms with van der Waals surface area (Å²) in [6.07, 6.45) is 1.93. The van der Waals surface area contributed by atoms with Crippen LogP contribution in [0.3, 0.4) is 0 Å². The Hall–Kier alpha value is -4.66. The Labute approximate surface area is 226 Å². The summed E-state index contributed by atoms with van der Waals surface area (Å²) in [7, 11) is 1.58. The third-order valence-electron chi connectivity index (χ3n) is 6.31. The van der Waals surface area contributed by atoms with Crippen LogP contribution >= 0.6 is 0 Å². The van der Waals surface area contributed by atoms with Crippen LogP contribution in [-0.2, 0) is 14.3 Å². The Kier molecular flexibility index (Phi) is 8.60. The summed E-state index contributed by atoms with van der Waals surface area (Å²) in [6.45, 7) is 2.96. The van der Waals surface area contributed by atoms with Gasteiger partial charge in [-0.05, 0) is 59.5 Å². The summed E-state index contributed by atoms with van der Waals surface area (Å²) in [4.78, 5) is 38.8. The van der Waals surface area contributed by atoms with Crippen molar-refractivity contribution < 1.29 is 28.2 Å². The topological polar surface area (TPSA) is 97.0 Å². The van der Waals surface area contributed by atoms with E-state index < -0.39 is 42.3 Å². The van der Waals surface area contributed by atoms with Crippen molar-refractivity contribution in [2.24, 2.45) is 5.92 Å². The maximum atomic E-state index is 13.3. The smallest absolute Gasteiger partial charge is 0.329 e. The molecule has 4 rings (SSSR count). The highest BCUT2D eigenvalue weighted by molar-refractivity contribution is 5.97. The molecule has 0 spiro atoms. The molecule has 0 aliphatic carbocycles. The molecule has 3 aromatic carbocycles. The van der Waals surface area contributed by atoms with Crippen molar-refractivity contribution in [2.45, 2.75) is 25.9 Å². The van der Waals surface area contributed by atoms with Gasteiger partial charge < -0.3 is 14.8 Å². The summed E-state index contributed by atoms with van der Waals surface area (Å²) in [6, 6.07) is 20.4. The van der Waals surface area contributed by atoms with Gasteiger partial charge in [0.15, 0.2) is 6.61 Å². The van der Waals surface area contributed by atoms with Gasteiger partial charge in [-0.25, -0.2) is 14.2 Å². The molecule has 2 atom stereocenters. The normalized spacial score (nSPS) is 15.3. The lowest BCUT2D eigenvalue weighted by Gasteiger charge is -2.26. The van der Waals surface area contributed by atoms with Gasteiger partial charge in [0.05, 0.1) is 18.8 Å². The van der Waals surface area contributed by atoms with E-state index in [1.165, 1.54) is 17.1 Å². The molecule has 8 nitrogen and oxygen atoms in total. The minimum absolute atomic E-state index is 0.203. The van der Waals surface area contributed by atoms with Crippen molar-refractivity contribution >= 4 is 23.5 Å². The van der Waals surface area contributed by atoms with Crippen molar-refractivity contribution in [3.05, 3.63) is 107 Å². The number of benzene rings is 3. The van der Waals surface area contributed by atoms with Crippen LogP contribution in [0.15, 0.2) is 84.9 Å². The van der Waals surface area contributed by atoms with Crippen LogP contribution in [0.1, 0.15) is 41.4 Å². The number of rotatable bonds is 9. The van der Waals surface area contributed by atoms with E-state index in [-0.39, 0.29) is 11.5 Å². The SMILES string of the molecule is COc1ccc([C@H]2C=C(c3ccccc3)NN2C(=O)COC(=O)[C@@H](NC(=O)c2ccc(F)cc2)C(C)C)cc1. The molecule has 1 aliphatic rings. The molecule has 0 unspecified atom stereocenters. The standard InChI is InChI=1S/C30H30FN3O5/c1-19(2)28(32-29(36)22-9-13-23(31)14-10-22)30(37)39-18-27(35)34-26(21-11-15-24(38-3)16-12-21)17-25(33-34)20-7-5-4-6-8-20/h4-17,19,26,28,33H,18H2,1-3H3,(H,32,36)/t26-,28+/m1/s1. The van der Waals surface area contributed by atoms with E-state index in [9.17, 15) is 18.8 Å². The van der Waals surface area contributed by atoms with Gasteiger partial charge >= 0.3 is 5.97 Å². The zero-order valence-corrected chi connectivity index (χ0v) is 21.9. The second kappa shape index (κ2) is 12.3. The van der Waals surface area contributed by atoms with Crippen LogP contribution in [0.5, 0.6) is 5.75 Å². The number of carbonyl (C=O) groups excluding carboxylic acids is 3. The maximum absolute atomic E-state index is 13.3. The first kappa shape index (κ1) is 27.4. The van der Waals surface area contributed by atoms with E-state index in [0.29, 0.717) is 5.75 Å². The molecule has 1 aliphatic heterocycles. The number of hydrazine groups is 1. The minimum Gasteiger partial charge on any atom is -0.497 e. The number of hydrogen-bond donors (Lipinski definition) is 2. The van der Waals surface area contributed by atoms with Gasteiger partial charge in [-0.15, -0.1) is 0 Å². The molecule has 0 fully saturated rings. The van der Waals surface area contributed by atoms with E-state index in [1.54, 1.807) is 21.0 Å². The van der Waals surface area contributed by atoms with Crippen LogP contribution in [0, 0.1) is 11.7 Å². The molecule has 3 aromatic rings. The average Bonchev–Trinajstić information content (AvgIpc) is 3.41. The first-order valence-electron chi connectivity index (χ1n) is 12.5. The summed E-state index contributed by atoms with van der Waals surface area (Å²) in [5.41, 5.74) is 5.81. The number of carbonyl (C=O) groups is 3. The number of amides is 2. The van der Waals surface area contributed by atoms with Crippen molar-refractivity contribution in [3.8, 4) is 5.75 Å². The molecule has 0 aromatic heterocycles. The van der Waals surface area contributed by atoms with E-state index in [4.69, 9.17) is 9.47 Å². The predicted molar refractivity (Wildman–Crippen MR) is 144 cm³/mol. The first-order valence-corrected chi connectivity index (χ1v) is 12.5. The molecule has 9 heteroatoms. The van der Waals surface area contributed by atoms with Gasteiger partial charge in [-0.3, -0.25) is 15.0 Å². The number of nitrogens with one attached hydrogen (secondary N) is 2. The van der Waals surface area contributed by atoms with E-state index >= 15 is 0 Å². The number of hydrogen-bond acceptors (Lipinski definition) is 6. The molecular weight excluding hydrogens is 501 g/mol. The maximum Gasteiger partial charge on any atom is 0.329 e. The molecule has 0 radical (unpaired) electrons. The molecule has 1 heterocycles. The quantitative estimate of drug-likeness (QED) is 0.401. The molecule has 0 bridgehead atoms. The molecule has 39 heavy (non-hydrogen) atoms. The second-order valence-corrected chi connectivity index (χ2v) is 9.35. The number of methoxy groups -OCH3 is 1. The van der Waals surface area contributed by atoms with Crippen molar-refractivity contribution in [2.75, 3.05) is 13.7 Å². The third kappa shape index (κ3) is 6.62. The predicted octanol–water partition coefficient (Wildman–Crippen LogP) is 4.26. The summed E-state index contributed by atoms with van der Waals surface area (Å²) >= 11 is 0. The van der Waals surface area contributed by atoms with Gasteiger partial charge in [0.2, 0.25) is 0 Å². The number of halogens is 1. The zero-order chi connectivity index (χ0) is 27.9. The second-order valence-electron chi connectivity index (χ2n) is 9.35. The minimum atomic E-state index is -1.00. The third-order valence-corrected chi connectivity index (χ3v) is 6.31. The van der Waals surface area contributed by atoms with Gasteiger partial charge in [-0.1, -0.05) is 56.3 Å². The molecule has 2 amide bonds. The van der Waals surface area contributed by atoms with Crippen LogP contribution in [0.25, 0.3) is 5.70 Å². The number of esters is 1. The summed E-state index contributed by atoms with van der Waals surface area (Å²) in [5.74, 6) is -1.87. The lowest BCUT2D eigenvalue weighted by molar-refractivity contribution is -0.155. The van der Waals surface area contributed by atoms with Crippen molar-refractivity contribution in [1.82, 2.24) is 15.8 Å². The molecule has 0 saturated heterocycles. The van der Waals surface area contributed by atoms with Gasteiger partial charge in [-0.2, -0.15) is 0 Å². The fourth-order valence-electron chi connectivity index (χ4n) is 4.13. The Bertz CT molecular complexity index is 1340. The van der Waals surface area contributed by atoms with E-state index in [1.807, 2.05) is 60.7 Å². The van der Waals surface area contributed by atoms with Crippen LogP contribution in [0.2, 0.25) is 0 Å². The highest BCUT2D eigenvalue weighted by Crippen LogP contribution is 2.32. The zero-order valence-electron chi connectivity index (χ0n) is 21.9. The fourth-order valence-corrected chi connectivity index (χ4v) is 4.13. The highest BCUT2D eigenvalue weighted by atomic mass is 19.1. The number of nitrogens with zero attached hydrogens (tertiary/aromatic N) is 1. The van der Waals surface area contributed by atoms with Crippen LogP contribution in [0.4, 0.5) is 4.39 Å². The molecular formula is C30H30FN3O5. The Balaban J connectivity index is 1.46. The molecule has 2 N–H and O–H groups in total. The van der Waals surface area contributed by atoms with Crippen LogP contribution < -0.4 is 15.5 Å². The average molecular weight is 532 g/mol. The van der Waals surface area contributed by atoms with Crippen molar-refractivity contribution in [3.63, 3.8) is 0 Å². The largest absolute Gasteiger partial charge is 0.497 e. The highest BCUT2D eigenvalue weighted by Gasteiger charge is 2.33. The van der Waals surface area contributed by atoms with E-state index in [0.717, 1.165) is 29.0 Å². The lowest BCUT2D eigenvalue weighted by atomic mass is 10.0. The lowest BCUT2D eigenvalue weighted by Crippen LogP contribution is -2.47.